The van der Waals surface area contributed by atoms with E-state index in [0.29, 0.717) is 23.6 Å². The number of hydrogen-bond acceptors (Lipinski definition) is 3. The van der Waals surface area contributed by atoms with Crippen molar-refractivity contribution in [1.82, 2.24) is 10.6 Å². The molecule has 22 heavy (non-hydrogen) atoms. The van der Waals surface area contributed by atoms with Gasteiger partial charge in [0.05, 0.1) is 18.2 Å². The summed E-state index contributed by atoms with van der Waals surface area (Å²) in [5.74, 6) is 0.288. The van der Waals surface area contributed by atoms with Crippen LogP contribution in [0.5, 0.6) is 0 Å². The number of nitriles is 1. The van der Waals surface area contributed by atoms with E-state index >= 15 is 0 Å². The minimum atomic E-state index is -0.333. The molecule has 2 rings (SSSR count). The van der Waals surface area contributed by atoms with E-state index in [0.717, 1.165) is 12.1 Å². The molecule has 0 fully saturated rings. The summed E-state index contributed by atoms with van der Waals surface area (Å²) in [4.78, 5) is 4.46. The highest BCUT2D eigenvalue weighted by atomic mass is 32.1. The van der Waals surface area contributed by atoms with Crippen LogP contribution in [-0.4, -0.2) is 12.5 Å². The normalized spacial score (nSPS) is 11.0. The van der Waals surface area contributed by atoms with Crippen molar-refractivity contribution in [1.29, 1.82) is 5.26 Å². The average molecular weight is 316 g/mol. The fraction of sp³-hybridized carbons (Fsp3) is 0.250. The van der Waals surface area contributed by atoms with E-state index in [1.807, 2.05) is 29.8 Å². The van der Waals surface area contributed by atoms with Crippen LogP contribution >= 0.6 is 11.3 Å². The Kier molecular flexibility index (Phi) is 5.92. The van der Waals surface area contributed by atoms with Gasteiger partial charge in [-0.1, -0.05) is 0 Å². The Morgan fingerprint density at radius 1 is 1.36 bits per heavy atom. The fourth-order valence-electron chi connectivity index (χ4n) is 1.85. The zero-order valence-corrected chi connectivity index (χ0v) is 13.1. The van der Waals surface area contributed by atoms with Crippen LogP contribution in [0.15, 0.2) is 40.0 Å². The van der Waals surface area contributed by atoms with Gasteiger partial charge in [0.15, 0.2) is 5.96 Å². The molecule has 1 aromatic heterocycles. The lowest BCUT2D eigenvalue weighted by Crippen LogP contribution is -2.37. The third-order valence-corrected chi connectivity index (χ3v) is 3.70. The van der Waals surface area contributed by atoms with E-state index in [-0.39, 0.29) is 12.4 Å². The summed E-state index contributed by atoms with van der Waals surface area (Å²) in [7, 11) is 0. The standard InChI is InChI=1S/C16H17FN4S/c1-2-19-16(20-9-13-5-6-22-11-13)21-10-14-7-12(8-18)3-4-15(14)17/h3-7,11H,2,9-10H2,1H3,(H2,19,20,21). The summed E-state index contributed by atoms with van der Waals surface area (Å²) in [6, 6.07) is 8.36. The number of nitrogens with zero attached hydrogens (tertiary/aromatic N) is 2. The van der Waals surface area contributed by atoms with Gasteiger partial charge in [0.2, 0.25) is 0 Å². The molecule has 0 atom stereocenters. The SMILES string of the molecule is CCNC(=NCc1ccsc1)NCc1cc(C#N)ccc1F. The molecule has 6 heteroatoms. The molecular weight excluding hydrogens is 299 g/mol. The monoisotopic (exact) mass is 316 g/mol. The smallest absolute Gasteiger partial charge is 0.191 e. The Morgan fingerprint density at radius 3 is 2.91 bits per heavy atom. The van der Waals surface area contributed by atoms with Crippen LogP contribution in [0.3, 0.4) is 0 Å². The first-order chi connectivity index (χ1) is 10.7. The molecule has 0 amide bonds. The number of rotatable bonds is 5. The highest BCUT2D eigenvalue weighted by molar-refractivity contribution is 7.07. The molecule has 0 bridgehead atoms. The van der Waals surface area contributed by atoms with Crippen LogP contribution < -0.4 is 10.6 Å². The molecule has 2 aromatic rings. The molecule has 0 radical (unpaired) electrons. The van der Waals surface area contributed by atoms with Crippen LogP contribution in [0, 0.1) is 17.1 Å². The fourth-order valence-corrected chi connectivity index (χ4v) is 2.51. The second kappa shape index (κ2) is 8.15. The van der Waals surface area contributed by atoms with E-state index in [2.05, 4.69) is 15.6 Å². The van der Waals surface area contributed by atoms with Crippen molar-refractivity contribution < 1.29 is 4.39 Å². The van der Waals surface area contributed by atoms with Gasteiger partial charge in [-0.25, -0.2) is 9.38 Å². The van der Waals surface area contributed by atoms with Crippen molar-refractivity contribution in [3.05, 3.63) is 57.5 Å². The number of hydrogen-bond donors (Lipinski definition) is 2. The Morgan fingerprint density at radius 2 is 2.23 bits per heavy atom. The minimum absolute atomic E-state index is 0.275. The third-order valence-electron chi connectivity index (χ3n) is 2.97. The lowest BCUT2D eigenvalue weighted by Gasteiger charge is -2.12. The van der Waals surface area contributed by atoms with Crippen molar-refractivity contribution in [3.63, 3.8) is 0 Å². The molecule has 0 saturated heterocycles. The molecule has 2 N–H and O–H groups in total. The third kappa shape index (κ3) is 4.57. The summed E-state index contributed by atoms with van der Waals surface area (Å²) in [5, 5.41) is 19.1. The number of halogens is 1. The zero-order valence-electron chi connectivity index (χ0n) is 12.3. The topological polar surface area (TPSA) is 60.2 Å². The summed E-state index contributed by atoms with van der Waals surface area (Å²) in [5.41, 5.74) is 2.03. The van der Waals surface area contributed by atoms with Crippen molar-refractivity contribution in [2.45, 2.75) is 20.0 Å². The Labute approximate surface area is 133 Å². The van der Waals surface area contributed by atoms with Crippen LogP contribution in [0.4, 0.5) is 4.39 Å². The van der Waals surface area contributed by atoms with Gasteiger partial charge in [0, 0.05) is 18.7 Å². The van der Waals surface area contributed by atoms with Crippen molar-refractivity contribution in [2.75, 3.05) is 6.54 Å². The molecule has 4 nitrogen and oxygen atoms in total. The maximum absolute atomic E-state index is 13.7. The van der Waals surface area contributed by atoms with Gasteiger partial charge in [-0.15, -0.1) is 0 Å². The van der Waals surface area contributed by atoms with Crippen LogP contribution in [-0.2, 0) is 13.1 Å². The maximum atomic E-state index is 13.7. The summed E-state index contributed by atoms with van der Waals surface area (Å²) >= 11 is 1.63. The minimum Gasteiger partial charge on any atom is -0.357 e. The van der Waals surface area contributed by atoms with E-state index in [9.17, 15) is 4.39 Å². The van der Waals surface area contributed by atoms with Gasteiger partial charge < -0.3 is 10.6 Å². The second-order valence-corrected chi connectivity index (χ2v) is 5.38. The summed E-state index contributed by atoms with van der Waals surface area (Å²) < 4.78 is 13.7. The van der Waals surface area contributed by atoms with Gasteiger partial charge in [-0.3, -0.25) is 0 Å². The maximum Gasteiger partial charge on any atom is 0.191 e. The quantitative estimate of drug-likeness (QED) is 0.658. The molecule has 0 aliphatic heterocycles. The largest absolute Gasteiger partial charge is 0.357 e. The highest BCUT2D eigenvalue weighted by Gasteiger charge is 2.05. The van der Waals surface area contributed by atoms with Crippen molar-refractivity contribution in [3.8, 4) is 6.07 Å². The van der Waals surface area contributed by atoms with Gasteiger partial charge in [0.1, 0.15) is 5.82 Å². The molecule has 1 heterocycles. The Balaban J connectivity index is 2.02. The predicted molar refractivity (Wildman–Crippen MR) is 87.1 cm³/mol. The van der Waals surface area contributed by atoms with E-state index < -0.39 is 0 Å². The molecular formula is C16H17FN4S. The molecule has 0 saturated carbocycles. The van der Waals surface area contributed by atoms with Gasteiger partial charge in [-0.05, 0) is 47.5 Å². The lowest BCUT2D eigenvalue weighted by molar-refractivity contribution is 0.604. The number of thiophene rings is 1. The highest BCUT2D eigenvalue weighted by Crippen LogP contribution is 2.10. The number of aliphatic imine (C=N–C) groups is 1. The van der Waals surface area contributed by atoms with E-state index in [1.54, 1.807) is 17.4 Å². The van der Waals surface area contributed by atoms with E-state index in [4.69, 9.17) is 5.26 Å². The molecule has 0 unspecified atom stereocenters. The number of nitrogens with one attached hydrogen (secondary N) is 2. The zero-order chi connectivity index (χ0) is 15.8. The van der Waals surface area contributed by atoms with Gasteiger partial charge >= 0.3 is 0 Å². The summed E-state index contributed by atoms with van der Waals surface area (Å²) in [6.07, 6.45) is 0. The van der Waals surface area contributed by atoms with Crippen LogP contribution in [0.1, 0.15) is 23.6 Å². The molecule has 0 aliphatic rings. The van der Waals surface area contributed by atoms with Crippen molar-refractivity contribution in [2.24, 2.45) is 4.99 Å². The number of benzene rings is 1. The van der Waals surface area contributed by atoms with Crippen LogP contribution in [0.2, 0.25) is 0 Å². The van der Waals surface area contributed by atoms with E-state index in [1.165, 1.54) is 12.1 Å². The van der Waals surface area contributed by atoms with Gasteiger partial charge in [-0.2, -0.15) is 16.6 Å². The summed E-state index contributed by atoms with van der Waals surface area (Å²) in [6.45, 7) is 3.53. The molecule has 0 spiro atoms. The average Bonchev–Trinajstić information content (AvgIpc) is 3.05. The first-order valence-electron chi connectivity index (χ1n) is 6.94. The lowest BCUT2D eigenvalue weighted by atomic mass is 10.1. The Hall–Kier alpha value is -2.39. The molecule has 1 aromatic carbocycles. The van der Waals surface area contributed by atoms with Crippen LogP contribution in [0.25, 0.3) is 0 Å². The predicted octanol–water partition coefficient (Wildman–Crippen LogP) is 3.01. The first kappa shape index (κ1) is 16.0. The number of guanidine groups is 1. The molecule has 114 valence electrons. The van der Waals surface area contributed by atoms with Crippen molar-refractivity contribution >= 4 is 17.3 Å². The molecule has 0 aliphatic carbocycles. The Bertz CT molecular complexity index is 674. The second-order valence-electron chi connectivity index (χ2n) is 4.60. The first-order valence-corrected chi connectivity index (χ1v) is 7.89. The van der Waals surface area contributed by atoms with Gasteiger partial charge in [0.25, 0.3) is 0 Å².